The van der Waals surface area contributed by atoms with Crippen molar-refractivity contribution in [3.8, 4) is 0 Å². The molecule has 1 fully saturated rings. The van der Waals surface area contributed by atoms with E-state index in [-0.39, 0.29) is 17.9 Å². The molecule has 6 heteroatoms. The predicted octanol–water partition coefficient (Wildman–Crippen LogP) is 2.73. The van der Waals surface area contributed by atoms with Crippen molar-refractivity contribution in [2.75, 3.05) is 12.3 Å². The number of carbonyl (C=O) groups excluding carboxylic acids is 2. The van der Waals surface area contributed by atoms with Crippen molar-refractivity contribution in [2.45, 2.75) is 44.2 Å². The Balaban J connectivity index is 1.59. The third kappa shape index (κ3) is 4.72. The number of pyridine rings is 1. The molecule has 0 saturated carbocycles. The van der Waals surface area contributed by atoms with E-state index in [4.69, 9.17) is 0 Å². The van der Waals surface area contributed by atoms with Gasteiger partial charge in [-0.25, -0.2) is 4.98 Å². The number of fused-ring (bicyclic) bond motifs is 1. The van der Waals surface area contributed by atoms with Crippen molar-refractivity contribution in [3.63, 3.8) is 0 Å². The molecule has 1 aliphatic rings. The Labute approximate surface area is 152 Å². The molecule has 5 nitrogen and oxygen atoms in total. The fraction of sp³-hybridized carbons (Fsp3) is 0.421. The molecular weight excluding hydrogens is 334 g/mol. The lowest BCUT2D eigenvalue weighted by molar-refractivity contribution is -0.121. The van der Waals surface area contributed by atoms with Gasteiger partial charge >= 0.3 is 0 Å². The van der Waals surface area contributed by atoms with Gasteiger partial charge in [-0.3, -0.25) is 9.59 Å². The average molecular weight is 357 g/mol. The first-order valence-electron chi connectivity index (χ1n) is 8.58. The fourth-order valence-corrected chi connectivity index (χ4v) is 3.81. The Morgan fingerprint density at radius 3 is 3.00 bits per heavy atom. The molecule has 0 aliphatic carbocycles. The van der Waals surface area contributed by atoms with E-state index in [1.807, 2.05) is 12.1 Å². The molecule has 0 bridgehead atoms. The summed E-state index contributed by atoms with van der Waals surface area (Å²) >= 11 is 1.45. The van der Waals surface area contributed by atoms with E-state index in [0.717, 1.165) is 22.3 Å². The molecule has 2 heterocycles. The van der Waals surface area contributed by atoms with E-state index >= 15 is 0 Å². The molecule has 1 unspecified atom stereocenters. The van der Waals surface area contributed by atoms with Gasteiger partial charge in [0.1, 0.15) is 0 Å². The predicted molar refractivity (Wildman–Crippen MR) is 101 cm³/mol. The fourth-order valence-electron chi connectivity index (χ4n) is 3.03. The topological polar surface area (TPSA) is 71.1 Å². The number of rotatable bonds is 4. The SMILES string of the molecule is Cc1ccc2nc(SCC(=O)NC3CCNC(=O)CC3)cc(C)c2c1. The van der Waals surface area contributed by atoms with Crippen molar-refractivity contribution in [3.05, 3.63) is 35.4 Å². The van der Waals surface area contributed by atoms with Gasteiger partial charge < -0.3 is 10.6 Å². The van der Waals surface area contributed by atoms with Crippen LogP contribution in [0.1, 0.15) is 30.4 Å². The first-order valence-corrected chi connectivity index (χ1v) is 9.57. The summed E-state index contributed by atoms with van der Waals surface area (Å²) in [5.74, 6) is 0.395. The highest BCUT2D eigenvalue weighted by Gasteiger charge is 2.18. The number of aromatic nitrogens is 1. The van der Waals surface area contributed by atoms with Gasteiger partial charge in [-0.15, -0.1) is 0 Å². The van der Waals surface area contributed by atoms with E-state index in [2.05, 4.69) is 41.6 Å². The second-order valence-electron chi connectivity index (χ2n) is 6.53. The number of carbonyl (C=O) groups is 2. The summed E-state index contributed by atoms with van der Waals surface area (Å²) in [4.78, 5) is 28.2. The van der Waals surface area contributed by atoms with Crippen molar-refractivity contribution < 1.29 is 9.59 Å². The van der Waals surface area contributed by atoms with Crippen LogP contribution in [0.25, 0.3) is 10.9 Å². The molecule has 2 aromatic rings. The largest absolute Gasteiger partial charge is 0.356 e. The number of nitrogens with one attached hydrogen (secondary N) is 2. The molecule has 1 aliphatic heterocycles. The number of thioether (sulfide) groups is 1. The summed E-state index contributed by atoms with van der Waals surface area (Å²) in [7, 11) is 0. The van der Waals surface area contributed by atoms with Crippen molar-refractivity contribution in [1.29, 1.82) is 0 Å². The van der Waals surface area contributed by atoms with Crippen LogP contribution in [0.15, 0.2) is 29.3 Å². The van der Waals surface area contributed by atoms with Crippen LogP contribution >= 0.6 is 11.8 Å². The lowest BCUT2D eigenvalue weighted by Crippen LogP contribution is -2.36. The zero-order chi connectivity index (χ0) is 17.8. The minimum atomic E-state index is -0.00666. The maximum atomic E-state index is 12.2. The molecule has 3 rings (SSSR count). The highest BCUT2D eigenvalue weighted by Crippen LogP contribution is 2.24. The van der Waals surface area contributed by atoms with Gasteiger partial charge in [0.15, 0.2) is 0 Å². The van der Waals surface area contributed by atoms with E-state index in [9.17, 15) is 9.59 Å². The second-order valence-corrected chi connectivity index (χ2v) is 7.52. The minimum Gasteiger partial charge on any atom is -0.356 e. The Bertz CT molecular complexity index is 807. The van der Waals surface area contributed by atoms with Crippen LogP contribution in [0, 0.1) is 13.8 Å². The third-order valence-corrected chi connectivity index (χ3v) is 5.31. The maximum Gasteiger partial charge on any atom is 0.230 e. The lowest BCUT2D eigenvalue weighted by Gasteiger charge is -2.15. The van der Waals surface area contributed by atoms with E-state index in [1.165, 1.54) is 22.9 Å². The quantitative estimate of drug-likeness (QED) is 0.826. The molecule has 132 valence electrons. The summed E-state index contributed by atoms with van der Waals surface area (Å²) < 4.78 is 0. The number of aryl methyl sites for hydroxylation is 2. The standard InChI is InChI=1S/C19H23N3O2S/c1-12-3-5-16-15(9-12)13(2)10-19(22-16)25-11-18(24)21-14-4-6-17(23)20-8-7-14/h3,5,9-10,14H,4,6-8,11H2,1-2H3,(H,20,23)(H,21,24). The molecule has 1 aromatic heterocycles. The summed E-state index contributed by atoms with van der Waals surface area (Å²) in [6, 6.07) is 8.32. The summed E-state index contributed by atoms with van der Waals surface area (Å²) in [6.07, 6.45) is 1.96. The van der Waals surface area contributed by atoms with Gasteiger partial charge in [-0.1, -0.05) is 23.4 Å². The normalized spacial score (nSPS) is 17.8. The Morgan fingerprint density at radius 1 is 1.32 bits per heavy atom. The molecule has 1 aromatic carbocycles. The molecule has 0 radical (unpaired) electrons. The van der Waals surface area contributed by atoms with Crippen molar-refractivity contribution in [2.24, 2.45) is 0 Å². The van der Waals surface area contributed by atoms with Crippen LogP contribution in [0.5, 0.6) is 0 Å². The monoisotopic (exact) mass is 357 g/mol. The number of amides is 2. The lowest BCUT2D eigenvalue weighted by atomic mass is 10.1. The maximum absolute atomic E-state index is 12.2. The summed E-state index contributed by atoms with van der Waals surface area (Å²) in [5.41, 5.74) is 3.35. The van der Waals surface area contributed by atoms with E-state index in [0.29, 0.717) is 25.1 Å². The van der Waals surface area contributed by atoms with Gasteiger partial charge in [-0.2, -0.15) is 0 Å². The molecular formula is C19H23N3O2S. The first kappa shape index (κ1) is 17.7. The van der Waals surface area contributed by atoms with Crippen LogP contribution in [-0.2, 0) is 9.59 Å². The number of hydrogen-bond donors (Lipinski definition) is 2. The summed E-state index contributed by atoms with van der Waals surface area (Å²) in [5, 5.41) is 7.88. The number of nitrogens with zero attached hydrogens (tertiary/aromatic N) is 1. The van der Waals surface area contributed by atoms with Crippen LogP contribution in [0.4, 0.5) is 0 Å². The van der Waals surface area contributed by atoms with Gasteiger partial charge in [0.2, 0.25) is 11.8 Å². The van der Waals surface area contributed by atoms with Crippen molar-refractivity contribution >= 4 is 34.5 Å². The van der Waals surface area contributed by atoms with Gasteiger partial charge in [0.25, 0.3) is 0 Å². The Morgan fingerprint density at radius 2 is 2.16 bits per heavy atom. The van der Waals surface area contributed by atoms with Gasteiger partial charge in [0, 0.05) is 24.4 Å². The molecule has 1 atom stereocenters. The zero-order valence-corrected chi connectivity index (χ0v) is 15.4. The van der Waals surface area contributed by atoms with Crippen LogP contribution < -0.4 is 10.6 Å². The molecule has 2 amide bonds. The Hall–Kier alpha value is -2.08. The average Bonchev–Trinajstić information content (AvgIpc) is 2.78. The molecule has 2 N–H and O–H groups in total. The molecule has 0 spiro atoms. The minimum absolute atomic E-state index is 0.00666. The molecule has 25 heavy (non-hydrogen) atoms. The van der Waals surface area contributed by atoms with Crippen LogP contribution in [0.3, 0.4) is 0 Å². The van der Waals surface area contributed by atoms with E-state index < -0.39 is 0 Å². The van der Waals surface area contributed by atoms with Gasteiger partial charge in [-0.05, 0) is 50.5 Å². The van der Waals surface area contributed by atoms with Crippen LogP contribution in [0.2, 0.25) is 0 Å². The van der Waals surface area contributed by atoms with Crippen LogP contribution in [-0.4, -0.2) is 35.1 Å². The van der Waals surface area contributed by atoms with Crippen molar-refractivity contribution in [1.82, 2.24) is 15.6 Å². The number of hydrogen-bond acceptors (Lipinski definition) is 4. The number of benzene rings is 1. The van der Waals surface area contributed by atoms with Gasteiger partial charge in [0.05, 0.1) is 16.3 Å². The highest BCUT2D eigenvalue weighted by molar-refractivity contribution is 7.99. The summed E-state index contributed by atoms with van der Waals surface area (Å²) in [6.45, 7) is 4.77. The van der Waals surface area contributed by atoms with E-state index in [1.54, 1.807) is 0 Å². The third-order valence-electron chi connectivity index (χ3n) is 4.40. The first-order chi connectivity index (χ1) is 12.0. The Kier molecular flexibility index (Phi) is 5.58. The highest BCUT2D eigenvalue weighted by atomic mass is 32.2. The smallest absolute Gasteiger partial charge is 0.230 e. The second kappa shape index (κ2) is 7.87. The molecule has 1 saturated heterocycles. The zero-order valence-electron chi connectivity index (χ0n) is 14.6.